The number of hydrogen-bond acceptors (Lipinski definition) is 2. The van der Waals surface area contributed by atoms with Gasteiger partial charge in [0.05, 0.1) is 0 Å². The standard InChI is InChI=1S/C19H26N2/c1-3-4-5-6-15-7-9-16(10-8-15)14(2)18-12-11-17(20)13-19(18)21/h7-14H,3-6,20-21H2,1-2H3. The Morgan fingerprint density at radius 2 is 1.67 bits per heavy atom. The minimum atomic E-state index is 0.287. The largest absolute Gasteiger partial charge is 0.399 e. The maximum atomic E-state index is 6.09. The van der Waals surface area contributed by atoms with E-state index >= 15 is 0 Å². The molecule has 0 heterocycles. The van der Waals surface area contributed by atoms with Crippen LogP contribution < -0.4 is 11.5 Å². The molecule has 112 valence electrons. The van der Waals surface area contributed by atoms with Crippen LogP contribution in [0.25, 0.3) is 0 Å². The molecule has 0 aliphatic heterocycles. The van der Waals surface area contributed by atoms with Crippen LogP contribution in [0.3, 0.4) is 0 Å². The number of nitrogen functional groups attached to an aromatic ring is 2. The highest BCUT2D eigenvalue weighted by Crippen LogP contribution is 2.30. The molecule has 21 heavy (non-hydrogen) atoms. The molecule has 2 aromatic rings. The van der Waals surface area contributed by atoms with Crippen molar-refractivity contribution >= 4 is 11.4 Å². The first-order chi connectivity index (χ1) is 10.1. The van der Waals surface area contributed by atoms with Crippen LogP contribution in [0.2, 0.25) is 0 Å². The molecule has 0 aromatic heterocycles. The second-order valence-corrected chi connectivity index (χ2v) is 5.81. The van der Waals surface area contributed by atoms with Crippen molar-refractivity contribution < 1.29 is 0 Å². The summed E-state index contributed by atoms with van der Waals surface area (Å²) >= 11 is 0. The van der Waals surface area contributed by atoms with Crippen molar-refractivity contribution in [3.05, 3.63) is 59.2 Å². The van der Waals surface area contributed by atoms with E-state index in [0.717, 1.165) is 16.9 Å². The molecule has 4 N–H and O–H groups in total. The van der Waals surface area contributed by atoms with E-state index in [9.17, 15) is 0 Å². The van der Waals surface area contributed by atoms with Gasteiger partial charge in [-0.15, -0.1) is 0 Å². The molecule has 0 aliphatic rings. The zero-order chi connectivity index (χ0) is 15.2. The number of hydrogen-bond donors (Lipinski definition) is 2. The first-order valence-electron chi connectivity index (χ1n) is 7.85. The number of nitrogens with two attached hydrogens (primary N) is 2. The van der Waals surface area contributed by atoms with Crippen molar-refractivity contribution in [2.24, 2.45) is 0 Å². The van der Waals surface area contributed by atoms with Crippen molar-refractivity contribution in [3.63, 3.8) is 0 Å². The lowest BCUT2D eigenvalue weighted by molar-refractivity contribution is 0.717. The van der Waals surface area contributed by atoms with Crippen LogP contribution in [-0.2, 0) is 6.42 Å². The van der Waals surface area contributed by atoms with Gasteiger partial charge in [-0.1, -0.05) is 57.0 Å². The Balaban J connectivity index is 2.10. The summed E-state index contributed by atoms with van der Waals surface area (Å²) < 4.78 is 0. The Labute approximate surface area is 128 Å². The fraction of sp³-hybridized carbons (Fsp3) is 0.368. The average molecular weight is 282 g/mol. The maximum Gasteiger partial charge on any atom is 0.0373 e. The Morgan fingerprint density at radius 3 is 2.29 bits per heavy atom. The van der Waals surface area contributed by atoms with Crippen molar-refractivity contribution in [2.45, 2.75) is 45.4 Å². The van der Waals surface area contributed by atoms with Crippen LogP contribution in [0.1, 0.15) is 55.7 Å². The third-order valence-corrected chi connectivity index (χ3v) is 4.13. The van der Waals surface area contributed by atoms with E-state index in [1.54, 1.807) is 0 Å². The summed E-state index contributed by atoms with van der Waals surface area (Å²) in [6, 6.07) is 14.7. The van der Waals surface area contributed by atoms with E-state index in [2.05, 4.69) is 38.1 Å². The number of aryl methyl sites for hydroxylation is 1. The summed E-state index contributed by atoms with van der Waals surface area (Å²) in [5, 5.41) is 0. The van der Waals surface area contributed by atoms with Gasteiger partial charge in [0.15, 0.2) is 0 Å². The first kappa shape index (κ1) is 15.4. The van der Waals surface area contributed by atoms with Gasteiger partial charge in [-0.2, -0.15) is 0 Å². The predicted molar refractivity (Wildman–Crippen MR) is 92.5 cm³/mol. The average Bonchev–Trinajstić information content (AvgIpc) is 2.48. The van der Waals surface area contributed by atoms with Gasteiger partial charge in [-0.3, -0.25) is 0 Å². The van der Waals surface area contributed by atoms with Crippen molar-refractivity contribution in [1.29, 1.82) is 0 Å². The van der Waals surface area contributed by atoms with Crippen LogP contribution in [0, 0.1) is 0 Å². The minimum Gasteiger partial charge on any atom is -0.399 e. The van der Waals surface area contributed by atoms with Gasteiger partial charge < -0.3 is 11.5 Å². The van der Waals surface area contributed by atoms with Gasteiger partial charge in [0.2, 0.25) is 0 Å². The normalized spacial score (nSPS) is 12.3. The lowest BCUT2D eigenvalue weighted by Gasteiger charge is -2.16. The van der Waals surface area contributed by atoms with Crippen LogP contribution in [0.4, 0.5) is 11.4 Å². The molecule has 0 spiro atoms. The molecule has 0 aliphatic carbocycles. The molecule has 0 amide bonds. The molecule has 0 bridgehead atoms. The molecule has 2 nitrogen and oxygen atoms in total. The molecular formula is C19H26N2. The smallest absolute Gasteiger partial charge is 0.0373 e. The van der Waals surface area contributed by atoms with Crippen LogP contribution in [-0.4, -0.2) is 0 Å². The van der Waals surface area contributed by atoms with Gasteiger partial charge in [0, 0.05) is 17.3 Å². The van der Waals surface area contributed by atoms with Crippen molar-refractivity contribution in [2.75, 3.05) is 11.5 Å². The summed E-state index contributed by atoms with van der Waals surface area (Å²) in [7, 11) is 0. The fourth-order valence-corrected chi connectivity index (χ4v) is 2.72. The molecule has 2 rings (SSSR count). The van der Waals surface area contributed by atoms with Gasteiger partial charge in [0.1, 0.15) is 0 Å². The second kappa shape index (κ2) is 7.16. The molecule has 0 saturated carbocycles. The molecule has 2 heteroatoms. The highest BCUT2D eigenvalue weighted by Gasteiger charge is 2.11. The highest BCUT2D eigenvalue weighted by atomic mass is 14.6. The van der Waals surface area contributed by atoms with Crippen LogP contribution in [0.15, 0.2) is 42.5 Å². The number of benzene rings is 2. The first-order valence-corrected chi connectivity index (χ1v) is 7.85. The van der Waals surface area contributed by atoms with E-state index in [4.69, 9.17) is 11.5 Å². The summed E-state index contributed by atoms with van der Waals surface area (Å²) in [6.45, 7) is 4.43. The zero-order valence-corrected chi connectivity index (χ0v) is 13.1. The van der Waals surface area contributed by atoms with E-state index in [-0.39, 0.29) is 5.92 Å². The molecule has 1 atom stereocenters. The van der Waals surface area contributed by atoms with E-state index in [0.29, 0.717) is 0 Å². The Kier molecular flexibility index (Phi) is 5.26. The van der Waals surface area contributed by atoms with Crippen molar-refractivity contribution in [3.8, 4) is 0 Å². The molecule has 0 radical (unpaired) electrons. The number of rotatable bonds is 6. The van der Waals surface area contributed by atoms with Gasteiger partial charge in [0.25, 0.3) is 0 Å². The lowest BCUT2D eigenvalue weighted by Crippen LogP contribution is -2.02. The van der Waals surface area contributed by atoms with Gasteiger partial charge in [-0.25, -0.2) is 0 Å². The zero-order valence-electron chi connectivity index (χ0n) is 13.1. The molecule has 1 unspecified atom stereocenters. The van der Waals surface area contributed by atoms with E-state index in [1.807, 2.05) is 18.2 Å². The predicted octanol–water partition coefficient (Wildman–Crippen LogP) is 4.74. The highest BCUT2D eigenvalue weighted by molar-refractivity contribution is 5.59. The van der Waals surface area contributed by atoms with Gasteiger partial charge >= 0.3 is 0 Å². The Bertz CT molecular complexity index is 573. The van der Waals surface area contributed by atoms with E-state index in [1.165, 1.54) is 36.8 Å². The second-order valence-electron chi connectivity index (χ2n) is 5.81. The van der Waals surface area contributed by atoms with Gasteiger partial charge in [-0.05, 0) is 41.7 Å². The van der Waals surface area contributed by atoms with Crippen molar-refractivity contribution in [1.82, 2.24) is 0 Å². The summed E-state index contributed by atoms with van der Waals surface area (Å²) in [4.78, 5) is 0. The summed E-state index contributed by atoms with van der Waals surface area (Å²) in [6.07, 6.45) is 5.02. The topological polar surface area (TPSA) is 52.0 Å². The monoisotopic (exact) mass is 282 g/mol. The van der Waals surface area contributed by atoms with E-state index < -0.39 is 0 Å². The summed E-state index contributed by atoms with van der Waals surface area (Å²) in [5.74, 6) is 0.287. The number of anilines is 2. The third kappa shape index (κ3) is 4.01. The summed E-state index contributed by atoms with van der Waals surface area (Å²) in [5.41, 5.74) is 17.2. The Hall–Kier alpha value is -1.96. The fourth-order valence-electron chi connectivity index (χ4n) is 2.72. The lowest BCUT2D eigenvalue weighted by atomic mass is 9.91. The minimum absolute atomic E-state index is 0.287. The molecule has 2 aromatic carbocycles. The molecule has 0 fully saturated rings. The molecule has 0 saturated heterocycles. The van der Waals surface area contributed by atoms with Crippen LogP contribution in [0.5, 0.6) is 0 Å². The SMILES string of the molecule is CCCCCc1ccc(C(C)c2ccc(N)cc2N)cc1. The van der Waals surface area contributed by atoms with Crippen LogP contribution >= 0.6 is 0 Å². The maximum absolute atomic E-state index is 6.09. The number of unbranched alkanes of at least 4 members (excludes halogenated alkanes) is 2. The quantitative estimate of drug-likeness (QED) is 0.594. The third-order valence-electron chi connectivity index (χ3n) is 4.13. The Morgan fingerprint density at radius 1 is 0.952 bits per heavy atom. The molecular weight excluding hydrogens is 256 g/mol.